The summed E-state index contributed by atoms with van der Waals surface area (Å²) >= 11 is 5.68. The third-order valence-corrected chi connectivity index (χ3v) is 4.15. The maximum absolute atomic E-state index is 12.3. The summed E-state index contributed by atoms with van der Waals surface area (Å²) in [6.45, 7) is 1.79. The number of aromatic nitrogens is 1. The summed E-state index contributed by atoms with van der Waals surface area (Å²) in [4.78, 5) is 29.9. The number of esters is 1. The van der Waals surface area contributed by atoms with Crippen LogP contribution in [-0.4, -0.2) is 34.8 Å². The number of hydrogen-bond donors (Lipinski definition) is 0. The number of pyridine rings is 1. The van der Waals surface area contributed by atoms with E-state index in [0.29, 0.717) is 16.3 Å². The smallest absolute Gasteiger partial charge is 0.340 e. The molecular formula is C18H17ClN2O3. The van der Waals surface area contributed by atoms with Crippen LogP contribution in [0.4, 0.5) is 0 Å². The van der Waals surface area contributed by atoms with E-state index < -0.39 is 5.97 Å². The van der Waals surface area contributed by atoms with Crippen molar-refractivity contribution >= 4 is 23.5 Å². The van der Waals surface area contributed by atoms with Gasteiger partial charge in [-0.25, -0.2) is 9.78 Å². The molecule has 3 rings (SSSR count). The van der Waals surface area contributed by atoms with Crippen LogP contribution in [0.2, 0.25) is 5.15 Å². The number of hydrogen-bond acceptors (Lipinski definition) is 4. The Balaban J connectivity index is 1.57. The number of carbonyl (C=O) groups is 2. The van der Waals surface area contributed by atoms with Gasteiger partial charge in [0.25, 0.3) is 5.91 Å². The molecule has 0 N–H and O–H groups in total. The minimum atomic E-state index is -0.462. The molecule has 0 radical (unpaired) electrons. The van der Waals surface area contributed by atoms with Gasteiger partial charge in [0.1, 0.15) is 11.8 Å². The highest BCUT2D eigenvalue weighted by molar-refractivity contribution is 6.29. The van der Waals surface area contributed by atoms with Crippen molar-refractivity contribution < 1.29 is 14.3 Å². The van der Waals surface area contributed by atoms with E-state index in [2.05, 4.69) is 4.98 Å². The lowest BCUT2D eigenvalue weighted by Gasteiger charge is -2.15. The van der Waals surface area contributed by atoms with Crippen LogP contribution in [0.25, 0.3) is 0 Å². The van der Waals surface area contributed by atoms with Gasteiger partial charge in [0.15, 0.2) is 0 Å². The molecule has 0 unspecified atom stereocenters. The Morgan fingerprint density at radius 1 is 1.04 bits per heavy atom. The maximum atomic E-state index is 12.3. The van der Waals surface area contributed by atoms with Crippen molar-refractivity contribution in [3.8, 4) is 0 Å². The van der Waals surface area contributed by atoms with Gasteiger partial charge in [-0.05, 0) is 42.7 Å². The Hall–Kier alpha value is -2.40. The fourth-order valence-corrected chi connectivity index (χ4v) is 2.69. The van der Waals surface area contributed by atoms with Gasteiger partial charge in [0.2, 0.25) is 0 Å². The zero-order valence-electron chi connectivity index (χ0n) is 13.1. The number of halogens is 1. The van der Waals surface area contributed by atoms with Gasteiger partial charge in [-0.15, -0.1) is 0 Å². The first kappa shape index (κ1) is 16.5. The molecule has 0 aliphatic carbocycles. The van der Waals surface area contributed by atoms with Crippen molar-refractivity contribution in [2.75, 3.05) is 13.1 Å². The summed E-state index contributed by atoms with van der Waals surface area (Å²) in [7, 11) is 0. The van der Waals surface area contributed by atoms with Gasteiger partial charge < -0.3 is 9.64 Å². The molecule has 0 bridgehead atoms. The molecule has 0 spiro atoms. The highest BCUT2D eigenvalue weighted by Crippen LogP contribution is 2.14. The Kier molecular flexibility index (Phi) is 5.11. The van der Waals surface area contributed by atoms with Crippen molar-refractivity contribution in [1.82, 2.24) is 9.88 Å². The Bertz CT molecular complexity index is 723. The fourth-order valence-electron chi connectivity index (χ4n) is 2.58. The molecule has 2 aromatic rings. The van der Waals surface area contributed by atoms with E-state index in [1.807, 2.05) is 4.90 Å². The van der Waals surface area contributed by atoms with E-state index in [1.54, 1.807) is 30.3 Å². The molecule has 1 aromatic heterocycles. The van der Waals surface area contributed by atoms with E-state index in [-0.39, 0.29) is 12.5 Å². The fraction of sp³-hybridized carbons (Fsp3) is 0.278. The zero-order chi connectivity index (χ0) is 16.9. The lowest BCUT2D eigenvalue weighted by atomic mass is 10.1. The number of likely N-dealkylation sites (tertiary alicyclic amines) is 1. The Labute approximate surface area is 145 Å². The summed E-state index contributed by atoms with van der Waals surface area (Å²) in [5, 5.41) is 0.324. The summed E-state index contributed by atoms with van der Waals surface area (Å²) in [6.07, 6.45) is 3.52. The molecule has 2 heterocycles. The largest absolute Gasteiger partial charge is 0.457 e. The summed E-state index contributed by atoms with van der Waals surface area (Å²) < 4.78 is 5.24. The normalized spacial score (nSPS) is 13.8. The topological polar surface area (TPSA) is 59.5 Å². The Morgan fingerprint density at radius 3 is 2.33 bits per heavy atom. The van der Waals surface area contributed by atoms with Gasteiger partial charge in [-0.3, -0.25) is 4.79 Å². The predicted octanol–water partition coefficient (Wildman–Crippen LogP) is 3.33. The van der Waals surface area contributed by atoms with E-state index in [9.17, 15) is 9.59 Å². The third kappa shape index (κ3) is 3.92. The van der Waals surface area contributed by atoms with E-state index >= 15 is 0 Å². The molecule has 6 heteroatoms. The van der Waals surface area contributed by atoms with Crippen LogP contribution >= 0.6 is 11.6 Å². The first-order valence-electron chi connectivity index (χ1n) is 7.80. The Morgan fingerprint density at radius 2 is 1.71 bits per heavy atom. The second-order valence-electron chi connectivity index (χ2n) is 5.64. The number of rotatable bonds is 4. The average Bonchev–Trinajstić information content (AvgIpc) is 3.15. The van der Waals surface area contributed by atoms with Crippen molar-refractivity contribution in [3.63, 3.8) is 0 Å². The quantitative estimate of drug-likeness (QED) is 0.630. The summed E-state index contributed by atoms with van der Waals surface area (Å²) in [6, 6.07) is 10.3. The zero-order valence-corrected chi connectivity index (χ0v) is 13.8. The molecule has 5 nitrogen and oxygen atoms in total. The van der Waals surface area contributed by atoms with Crippen LogP contribution in [0.5, 0.6) is 0 Å². The molecular weight excluding hydrogens is 328 g/mol. The maximum Gasteiger partial charge on any atom is 0.340 e. The molecule has 0 atom stereocenters. The van der Waals surface area contributed by atoms with Crippen molar-refractivity contribution in [3.05, 3.63) is 64.4 Å². The molecule has 124 valence electrons. The number of ether oxygens (including phenoxy) is 1. The van der Waals surface area contributed by atoms with E-state index in [1.165, 1.54) is 12.3 Å². The minimum absolute atomic E-state index is 0.0586. The van der Waals surface area contributed by atoms with E-state index in [4.69, 9.17) is 16.3 Å². The monoisotopic (exact) mass is 344 g/mol. The van der Waals surface area contributed by atoms with Crippen LogP contribution in [0.15, 0.2) is 42.6 Å². The molecule has 1 aliphatic rings. The van der Waals surface area contributed by atoms with Crippen LogP contribution in [0.3, 0.4) is 0 Å². The van der Waals surface area contributed by atoms with Crippen molar-refractivity contribution in [1.29, 1.82) is 0 Å². The first-order valence-corrected chi connectivity index (χ1v) is 8.18. The second-order valence-corrected chi connectivity index (χ2v) is 6.03. The highest BCUT2D eigenvalue weighted by atomic mass is 35.5. The van der Waals surface area contributed by atoms with Gasteiger partial charge in [0, 0.05) is 24.8 Å². The number of nitrogens with zero attached hydrogens (tertiary/aromatic N) is 2. The number of amides is 1. The predicted molar refractivity (Wildman–Crippen MR) is 89.9 cm³/mol. The number of carbonyl (C=O) groups excluding carboxylic acids is 2. The second kappa shape index (κ2) is 7.45. The van der Waals surface area contributed by atoms with Crippen LogP contribution in [0, 0.1) is 0 Å². The first-order chi connectivity index (χ1) is 11.6. The van der Waals surface area contributed by atoms with Gasteiger partial charge in [-0.1, -0.05) is 23.7 Å². The average molecular weight is 345 g/mol. The standard InChI is InChI=1S/C18H17ClN2O3/c19-16-8-7-15(11-20-16)18(23)24-12-13-3-5-14(6-4-13)17(22)21-9-1-2-10-21/h3-8,11H,1-2,9-10,12H2. The molecule has 1 amide bonds. The molecule has 1 aliphatic heterocycles. The molecule has 1 aromatic carbocycles. The lowest BCUT2D eigenvalue weighted by Crippen LogP contribution is -2.27. The SMILES string of the molecule is O=C(OCc1ccc(C(=O)N2CCCC2)cc1)c1ccc(Cl)nc1. The van der Waals surface area contributed by atoms with Crippen LogP contribution in [0.1, 0.15) is 39.1 Å². The van der Waals surface area contributed by atoms with Crippen molar-refractivity contribution in [2.45, 2.75) is 19.4 Å². The van der Waals surface area contributed by atoms with Crippen LogP contribution < -0.4 is 0 Å². The van der Waals surface area contributed by atoms with Gasteiger partial charge in [-0.2, -0.15) is 0 Å². The van der Waals surface area contributed by atoms with Crippen LogP contribution in [-0.2, 0) is 11.3 Å². The lowest BCUT2D eigenvalue weighted by molar-refractivity contribution is 0.0472. The van der Waals surface area contributed by atoms with E-state index in [0.717, 1.165) is 31.5 Å². The molecule has 0 saturated carbocycles. The van der Waals surface area contributed by atoms with Gasteiger partial charge in [0.05, 0.1) is 5.56 Å². The summed E-state index contributed by atoms with van der Waals surface area (Å²) in [5.74, 6) is -0.403. The molecule has 24 heavy (non-hydrogen) atoms. The highest BCUT2D eigenvalue weighted by Gasteiger charge is 2.19. The van der Waals surface area contributed by atoms with Gasteiger partial charge >= 0.3 is 5.97 Å². The molecule has 1 fully saturated rings. The van der Waals surface area contributed by atoms with Crippen molar-refractivity contribution in [2.24, 2.45) is 0 Å². The minimum Gasteiger partial charge on any atom is -0.457 e. The molecule has 1 saturated heterocycles. The third-order valence-electron chi connectivity index (χ3n) is 3.93. The summed E-state index contributed by atoms with van der Waals surface area (Å²) in [5.41, 5.74) is 1.83. The number of benzene rings is 1.